The Bertz CT molecular complexity index is 793. The van der Waals surface area contributed by atoms with E-state index in [2.05, 4.69) is 10.4 Å². The fourth-order valence-corrected chi connectivity index (χ4v) is 3.17. The molecule has 0 unspecified atom stereocenters. The maximum atomic E-state index is 12.2. The number of carbonyl (C=O) groups is 3. The van der Waals surface area contributed by atoms with Crippen molar-refractivity contribution in [3.05, 3.63) is 34.0 Å². The van der Waals surface area contributed by atoms with Crippen LogP contribution in [0, 0.1) is 13.8 Å². The first-order chi connectivity index (χ1) is 11.3. The Morgan fingerprint density at radius 1 is 1.38 bits per heavy atom. The van der Waals surface area contributed by atoms with Crippen LogP contribution in [-0.4, -0.2) is 39.3 Å². The first-order valence-corrected chi connectivity index (χ1v) is 7.98. The largest absolute Gasteiger partial charge is 0.477 e. The zero-order valence-electron chi connectivity index (χ0n) is 13.5. The van der Waals surface area contributed by atoms with E-state index in [0.717, 1.165) is 15.1 Å². The summed E-state index contributed by atoms with van der Waals surface area (Å²) in [5, 5.41) is 15.9. The van der Waals surface area contributed by atoms with Crippen LogP contribution in [0.25, 0.3) is 0 Å². The minimum Gasteiger partial charge on any atom is -0.477 e. The number of aromatic carboxylic acids is 1. The molecule has 0 saturated carbocycles. The van der Waals surface area contributed by atoms with Crippen LogP contribution in [0.3, 0.4) is 0 Å². The molecule has 0 fully saturated rings. The second-order valence-electron chi connectivity index (χ2n) is 4.94. The number of carboxylic acid groups (broad SMARTS) is 1. The van der Waals surface area contributed by atoms with E-state index in [0.29, 0.717) is 10.6 Å². The maximum absolute atomic E-state index is 12.2. The summed E-state index contributed by atoms with van der Waals surface area (Å²) in [4.78, 5) is 36.2. The summed E-state index contributed by atoms with van der Waals surface area (Å²) in [6.07, 6.45) is 1.31. The fourth-order valence-electron chi connectivity index (χ4n) is 2.11. The van der Waals surface area contributed by atoms with Gasteiger partial charge >= 0.3 is 11.9 Å². The molecule has 9 heteroatoms. The van der Waals surface area contributed by atoms with Crippen LogP contribution in [0.1, 0.15) is 38.2 Å². The van der Waals surface area contributed by atoms with Gasteiger partial charge in [-0.3, -0.25) is 4.79 Å². The molecule has 0 aliphatic rings. The predicted octanol–water partition coefficient (Wildman–Crippen LogP) is 2.08. The van der Waals surface area contributed by atoms with Crippen molar-refractivity contribution >= 4 is 34.2 Å². The Balaban J connectivity index is 2.20. The number of esters is 1. The summed E-state index contributed by atoms with van der Waals surface area (Å²) in [6.45, 7) is 5.29. The van der Waals surface area contributed by atoms with E-state index in [1.165, 1.54) is 23.6 Å². The SMILES string of the molecule is CCOC(=O)c1c(NC(=O)Cn2nccc2C(=O)O)sc(C)c1C. The van der Waals surface area contributed by atoms with Gasteiger partial charge in [-0.05, 0) is 32.4 Å². The van der Waals surface area contributed by atoms with Gasteiger partial charge in [-0.2, -0.15) is 5.10 Å². The van der Waals surface area contributed by atoms with Crippen molar-refractivity contribution in [2.24, 2.45) is 0 Å². The van der Waals surface area contributed by atoms with E-state index in [1.807, 2.05) is 6.92 Å². The van der Waals surface area contributed by atoms with Gasteiger partial charge in [-0.15, -0.1) is 11.3 Å². The van der Waals surface area contributed by atoms with Gasteiger partial charge in [0.05, 0.1) is 12.2 Å². The molecule has 2 aromatic rings. The van der Waals surface area contributed by atoms with Gasteiger partial charge in [-0.1, -0.05) is 0 Å². The molecule has 0 spiro atoms. The molecule has 2 aromatic heterocycles. The molecule has 1 amide bonds. The maximum Gasteiger partial charge on any atom is 0.354 e. The predicted molar refractivity (Wildman–Crippen MR) is 87.6 cm³/mol. The van der Waals surface area contributed by atoms with E-state index in [1.54, 1.807) is 13.8 Å². The zero-order chi connectivity index (χ0) is 17.9. The number of nitrogens with zero attached hydrogens (tertiary/aromatic N) is 2. The van der Waals surface area contributed by atoms with Gasteiger partial charge in [-0.25, -0.2) is 14.3 Å². The van der Waals surface area contributed by atoms with Crippen molar-refractivity contribution < 1.29 is 24.2 Å². The number of carboxylic acids is 1. The summed E-state index contributed by atoms with van der Waals surface area (Å²) >= 11 is 1.27. The highest BCUT2D eigenvalue weighted by molar-refractivity contribution is 7.16. The highest BCUT2D eigenvalue weighted by Gasteiger charge is 2.22. The molecule has 0 saturated heterocycles. The lowest BCUT2D eigenvalue weighted by Gasteiger charge is -2.08. The number of carbonyl (C=O) groups excluding carboxylic acids is 2. The molecule has 0 atom stereocenters. The first-order valence-electron chi connectivity index (χ1n) is 7.17. The number of nitrogens with one attached hydrogen (secondary N) is 1. The van der Waals surface area contributed by atoms with Crippen molar-refractivity contribution in [1.82, 2.24) is 9.78 Å². The molecular formula is C15H17N3O5S. The number of anilines is 1. The van der Waals surface area contributed by atoms with Gasteiger partial charge in [0.25, 0.3) is 0 Å². The third-order valence-electron chi connectivity index (χ3n) is 3.35. The minimum absolute atomic E-state index is 0.0886. The van der Waals surface area contributed by atoms with Crippen LogP contribution >= 0.6 is 11.3 Å². The second kappa shape index (κ2) is 7.26. The Labute approximate surface area is 142 Å². The molecule has 8 nitrogen and oxygen atoms in total. The van der Waals surface area contributed by atoms with Crippen LogP contribution in [0.4, 0.5) is 5.00 Å². The molecule has 2 N–H and O–H groups in total. The average molecular weight is 351 g/mol. The molecule has 0 aromatic carbocycles. The van der Waals surface area contributed by atoms with Crippen molar-refractivity contribution in [3.8, 4) is 0 Å². The first kappa shape index (κ1) is 17.7. The van der Waals surface area contributed by atoms with Crippen molar-refractivity contribution in [1.29, 1.82) is 0 Å². The van der Waals surface area contributed by atoms with E-state index < -0.39 is 17.8 Å². The summed E-state index contributed by atoms with van der Waals surface area (Å²) in [5.74, 6) is -2.15. The van der Waals surface area contributed by atoms with Gasteiger partial charge in [0.1, 0.15) is 17.2 Å². The summed E-state index contributed by atoms with van der Waals surface area (Å²) in [5.41, 5.74) is 0.986. The monoisotopic (exact) mass is 351 g/mol. The number of hydrogen-bond acceptors (Lipinski definition) is 6. The third-order valence-corrected chi connectivity index (χ3v) is 4.47. The zero-order valence-corrected chi connectivity index (χ0v) is 14.3. The number of amides is 1. The van der Waals surface area contributed by atoms with Crippen molar-refractivity contribution in [3.63, 3.8) is 0 Å². The molecule has 0 aliphatic heterocycles. The smallest absolute Gasteiger partial charge is 0.354 e. The Morgan fingerprint density at radius 3 is 2.71 bits per heavy atom. The van der Waals surface area contributed by atoms with Crippen LogP contribution in [-0.2, 0) is 16.1 Å². The number of thiophene rings is 1. The lowest BCUT2D eigenvalue weighted by atomic mass is 10.1. The van der Waals surface area contributed by atoms with Crippen LogP contribution in [0.15, 0.2) is 12.3 Å². The number of ether oxygens (including phenoxy) is 1. The van der Waals surface area contributed by atoms with Gasteiger partial charge in [0.2, 0.25) is 5.91 Å². The summed E-state index contributed by atoms with van der Waals surface area (Å²) in [7, 11) is 0. The van der Waals surface area contributed by atoms with E-state index in [-0.39, 0.29) is 18.8 Å². The Kier molecular flexibility index (Phi) is 5.35. The minimum atomic E-state index is -1.17. The molecule has 0 radical (unpaired) electrons. The molecular weight excluding hydrogens is 334 g/mol. The Morgan fingerprint density at radius 2 is 2.08 bits per heavy atom. The lowest BCUT2D eigenvalue weighted by Crippen LogP contribution is -2.22. The number of hydrogen-bond donors (Lipinski definition) is 2. The van der Waals surface area contributed by atoms with Crippen molar-refractivity contribution in [2.75, 3.05) is 11.9 Å². The molecule has 24 heavy (non-hydrogen) atoms. The summed E-state index contributed by atoms with van der Waals surface area (Å²) < 4.78 is 6.10. The second-order valence-corrected chi connectivity index (χ2v) is 6.16. The molecule has 0 bridgehead atoms. The van der Waals surface area contributed by atoms with Crippen LogP contribution < -0.4 is 5.32 Å². The summed E-state index contributed by atoms with van der Waals surface area (Å²) in [6, 6.07) is 1.30. The van der Waals surface area contributed by atoms with E-state index >= 15 is 0 Å². The Hall–Kier alpha value is -2.68. The normalized spacial score (nSPS) is 10.5. The highest BCUT2D eigenvalue weighted by atomic mass is 32.1. The quantitative estimate of drug-likeness (QED) is 0.771. The van der Waals surface area contributed by atoms with Gasteiger partial charge < -0.3 is 15.2 Å². The average Bonchev–Trinajstić information content (AvgIpc) is 3.05. The van der Waals surface area contributed by atoms with Crippen LogP contribution in [0.2, 0.25) is 0 Å². The molecule has 2 heterocycles. The standard InChI is InChI=1S/C15H17N3O5S/c1-4-23-15(22)12-8(2)9(3)24-13(12)17-11(19)7-18-10(14(20)21)5-6-16-18/h5-6H,4,7H2,1-3H3,(H,17,19)(H,20,21). The van der Waals surface area contributed by atoms with Gasteiger partial charge in [0, 0.05) is 11.1 Å². The van der Waals surface area contributed by atoms with E-state index in [9.17, 15) is 14.4 Å². The third kappa shape index (κ3) is 3.62. The number of aromatic nitrogens is 2. The van der Waals surface area contributed by atoms with Crippen LogP contribution in [0.5, 0.6) is 0 Å². The highest BCUT2D eigenvalue weighted by Crippen LogP contribution is 2.33. The van der Waals surface area contributed by atoms with Gasteiger partial charge in [0.15, 0.2) is 0 Å². The molecule has 128 valence electrons. The molecule has 2 rings (SSSR count). The fraction of sp³-hybridized carbons (Fsp3) is 0.333. The molecule has 0 aliphatic carbocycles. The lowest BCUT2D eigenvalue weighted by molar-refractivity contribution is -0.116. The number of aryl methyl sites for hydroxylation is 1. The van der Waals surface area contributed by atoms with Crippen molar-refractivity contribution in [2.45, 2.75) is 27.3 Å². The topological polar surface area (TPSA) is 111 Å². The number of rotatable bonds is 6. The van der Waals surface area contributed by atoms with E-state index in [4.69, 9.17) is 9.84 Å².